The number of nitrogens with zero attached hydrogens (tertiary/aromatic N) is 2. The molecule has 1 saturated carbocycles. The highest BCUT2D eigenvalue weighted by Crippen LogP contribution is 2.45. The van der Waals surface area contributed by atoms with E-state index in [2.05, 4.69) is 10.4 Å². The molecule has 1 aliphatic carbocycles. The molecule has 1 fully saturated rings. The number of aromatic nitrogens is 2. The molecule has 1 amide bonds. The van der Waals surface area contributed by atoms with Crippen LogP contribution in [0.5, 0.6) is 0 Å². The number of hydrogen-bond donors (Lipinski definition) is 2. The molecule has 2 aromatic rings. The fourth-order valence-electron chi connectivity index (χ4n) is 2.06. The number of benzene rings is 1. The van der Waals surface area contributed by atoms with Crippen molar-refractivity contribution in [3.63, 3.8) is 0 Å². The van der Waals surface area contributed by atoms with E-state index in [1.807, 2.05) is 36.5 Å². The minimum atomic E-state index is -0.319. The lowest BCUT2D eigenvalue weighted by molar-refractivity contribution is -0.120. The third kappa shape index (κ3) is 2.24. The summed E-state index contributed by atoms with van der Waals surface area (Å²) in [7, 11) is 0. The molecule has 0 aliphatic heterocycles. The van der Waals surface area contributed by atoms with Crippen LogP contribution in [-0.2, 0) is 4.79 Å². The summed E-state index contributed by atoms with van der Waals surface area (Å²) in [6.45, 7) is 0.421. The summed E-state index contributed by atoms with van der Waals surface area (Å²) in [5.41, 5.74) is 7.07. The molecule has 5 heteroatoms. The molecule has 0 saturated heterocycles. The first kappa shape index (κ1) is 11.9. The van der Waals surface area contributed by atoms with Gasteiger partial charge in [-0.3, -0.25) is 4.79 Å². The number of anilines is 1. The van der Waals surface area contributed by atoms with E-state index in [4.69, 9.17) is 5.73 Å². The first-order valence-corrected chi connectivity index (χ1v) is 6.35. The molecule has 0 unspecified atom stereocenters. The van der Waals surface area contributed by atoms with Crippen LogP contribution in [0.3, 0.4) is 0 Å². The molecule has 5 nitrogen and oxygen atoms in total. The Bertz CT molecular complexity index is 570. The zero-order valence-electron chi connectivity index (χ0n) is 10.5. The van der Waals surface area contributed by atoms with Crippen molar-refractivity contribution in [3.05, 3.63) is 42.7 Å². The Kier molecular flexibility index (Phi) is 2.83. The first-order chi connectivity index (χ1) is 9.23. The van der Waals surface area contributed by atoms with Gasteiger partial charge in [0.2, 0.25) is 5.91 Å². The van der Waals surface area contributed by atoms with Gasteiger partial charge in [0.1, 0.15) is 0 Å². The van der Waals surface area contributed by atoms with Crippen molar-refractivity contribution in [1.82, 2.24) is 9.78 Å². The van der Waals surface area contributed by atoms with Crippen molar-refractivity contribution in [2.75, 3.05) is 11.9 Å². The van der Waals surface area contributed by atoms with Gasteiger partial charge in [-0.15, -0.1) is 0 Å². The SMILES string of the molecule is NCC1(C(=O)Nc2ccc(-n3cccn3)cc2)CC1. The first-order valence-electron chi connectivity index (χ1n) is 6.35. The van der Waals surface area contributed by atoms with Gasteiger partial charge >= 0.3 is 0 Å². The van der Waals surface area contributed by atoms with Crippen molar-refractivity contribution in [2.24, 2.45) is 11.1 Å². The summed E-state index contributed by atoms with van der Waals surface area (Å²) >= 11 is 0. The predicted octanol–water partition coefficient (Wildman–Crippen LogP) is 1.55. The van der Waals surface area contributed by atoms with Gasteiger partial charge in [-0.1, -0.05) is 0 Å². The molecule has 0 atom stereocenters. The van der Waals surface area contributed by atoms with E-state index in [1.165, 1.54) is 0 Å². The summed E-state index contributed by atoms with van der Waals surface area (Å²) in [4.78, 5) is 12.0. The smallest absolute Gasteiger partial charge is 0.231 e. The summed E-state index contributed by atoms with van der Waals surface area (Å²) in [6, 6.07) is 9.46. The lowest BCUT2D eigenvalue weighted by atomic mass is 10.1. The number of nitrogens with two attached hydrogens (primary N) is 1. The van der Waals surface area contributed by atoms with Crippen molar-refractivity contribution >= 4 is 11.6 Å². The zero-order valence-corrected chi connectivity index (χ0v) is 10.5. The topological polar surface area (TPSA) is 72.9 Å². The van der Waals surface area contributed by atoms with E-state index in [0.717, 1.165) is 24.2 Å². The monoisotopic (exact) mass is 256 g/mol. The third-order valence-electron chi connectivity index (χ3n) is 3.62. The molecule has 0 radical (unpaired) electrons. The molecule has 3 N–H and O–H groups in total. The van der Waals surface area contributed by atoms with Gasteiger partial charge in [0, 0.05) is 24.6 Å². The van der Waals surface area contributed by atoms with Crippen molar-refractivity contribution in [3.8, 4) is 5.69 Å². The fourth-order valence-corrected chi connectivity index (χ4v) is 2.06. The Labute approximate surface area is 111 Å². The summed E-state index contributed by atoms with van der Waals surface area (Å²) in [5.74, 6) is 0.0295. The third-order valence-corrected chi connectivity index (χ3v) is 3.62. The predicted molar refractivity (Wildman–Crippen MR) is 72.9 cm³/mol. The number of hydrogen-bond acceptors (Lipinski definition) is 3. The quantitative estimate of drug-likeness (QED) is 0.871. The Morgan fingerprint density at radius 1 is 1.37 bits per heavy atom. The van der Waals surface area contributed by atoms with Crippen LogP contribution in [-0.4, -0.2) is 22.2 Å². The maximum absolute atomic E-state index is 12.0. The molecule has 0 bridgehead atoms. The zero-order chi connectivity index (χ0) is 13.3. The van der Waals surface area contributed by atoms with Crippen LogP contribution in [0.25, 0.3) is 5.69 Å². The van der Waals surface area contributed by atoms with Gasteiger partial charge in [0.15, 0.2) is 0 Å². The Morgan fingerprint density at radius 2 is 2.11 bits per heavy atom. The Morgan fingerprint density at radius 3 is 2.63 bits per heavy atom. The molecule has 19 heavy (non-hydrogen) atoms. The van der Waals surface area contributed by atoms with Gasteiger partial charge in [0.05, 0.1) is 11.1 Å². The second-order valence-electron chi connectivity index (χ2n) is 4.94. The highest BCUT2D eigenvalue weighted by atomic mass is 16.2. The van der Waals surface area contributed by atoms with Crippen LogP contribution in [0.15, 0.2) is 42.7 Å². The van der Waals surface area contributed by atoms with Gasteiger partial charge in [-0.2, -0.15) is 5.10 Å². The number of carbonyl (C=O) groups is 1. The molecule has 1 aliphatic rings. The molecule has 3 rings (SSSR count). The molecule has 98 valence electrons. The molecule has 1 aromatic carbocycles. The highest BCUT2D eigenvalue weighted by Gasteiger charge is 2.48. The summed E-state index contributed by atoms with van der Waals surface area (Å²) in [5, 5.41) is 7.07. The normalized spacial score (nSPS) is 16.1. The molecule has 1 aromatic heterocycles. The van der Waals surface area contributed by atoms with Gasteiger partial charge in [-0.25, -0.2) is 4.68 Å². The lowest BCUT2D eigenvalue weighted by Crippen LogP contribution is -2.30. The molecular formula is C14H16N4O. The molecular weight excluding hydrogens is 240 g/mol. The largest absolute Gasteiger partial charge is 0.329 e. The van der Waals surface area contributed by atoms with Gasteiger partial charge in [0.25, 0.3) is 0 Å². The van der Waals surface area contributed by atoms with Crippen molar-refractivity contribution < 1.29 is 4.79 Å². The summed E-state index contributed by atoms with van der Waals surface area (Å²) in [6.07, 6.45) is 5.39. The van der Waals surface area contributed by atoms with Crippen LogP contribution >= 0.6 is 0 Å². The van der Waals surface area contributed by atoms with E-state index in [0.29, 0.717) is 6.54 Å². The van der Waals surface area contributed by atoms with E-state index in [1.54, 1.807) is 10.9 Å². The van der Waals surface area contributed by atoms with Crippen LogP contribution in [0.2, 0.25) is 0 Å². The number of amides is 1. The van der Waals surface area contributed by atoms with E-state index in [-0.39, 0.29) is 11.3 Å². The van der Waals surface area contributed by atoms with Crippen LogP contribution in [0, 0.1) is 5.41 Å². The minimum absolute atomic E-state index is 0.0295. The van der Waals surface area contributed by atoms with Gasteiger partial charge < -0.3 is 11.1 Å². The van der Waals surface area contributed by atoms with E-state index >= 15 is 0 Å². The number of rotatable bonds is 4. The fraction of sp³-hybridized carbons (Fsp3) is 0.286. The standard InChI is InChI=1S/C14H16N4O/c15-10-14(6-7-14)13(19)17-11-2-4-12(5-3-11)18-9-1-8-16-18/h1-5,8-9H,6-7,10,15H2,(H,17,19). The average Bonchev–Trinajstić information content (AvgIpc) is 3.06. The summed E-state index contributed by atoms with van der Waals surface area (Å²) < 4.78 is 1.77. The maximum Gasteiger partial charge on any atom is 0.231 e. The molecule has 0 spiro atoms. The number of nitrogens with one attached hydrogen (secondary N) is 1. The van der Waals surface area contributed by atoms with Crippen molar-refractivity contribution in [2.45, 2.75) is 12.8 Å². The highest BCUT2D eigenvalue weighted by molar-refractivity contribution is 5.97. The van der Waals surface area contributed by atoms with Crippen molar-refractivity contribution in [1.29, 1.82) is 0 Å². The van der Waals surface area contributed by atoms with Gasteiger partial charge in [-0.05, 0) is 43.2 Å². The van der Waals surface area contributed by atoms with Crippen LogP contribution in [0.4, 0.5) is 5.69 Å². The average molecular weight is 256 g/mol. The van der Waals surface area contributed by atoms with Crippen LogP contribution < -0.4 is 11.1 Å². The number of carbonyl (C=O) groups excluding carboxylic acids is 1. The molecule has 1 heterocycles. The Hall–Kier alpha value is -2.14. The van der Waals surface area contributed by atoms with E-state index in [9.17, 15) is 4.79 Å². The lowest BCUT2D eigenvalue weighted by Gasteiger charge is -2.13. The second-order valence-corrected chi connectivity index (χ2v) is 4.94. The maximum atomic E-state index is 12.0. The van der Waals surface area contributed by atoms with Crippen LogP contribution in [0.1, 0.15) is 12.8 Å². The second kappa shape index (κ2) is 4.51. The Balaban J connectivity index is 1.71. The van der Waals surface area contributed by atoms with E-state index < -0.39 is 0 Å². The minimum Gasteiger partial charge on any atom is -0.329 e.